The lowest BCUT2D eigenvalue weighted by Gasteiger charge is -2.09. The number of ether oxygens (including phenoxy) is 2. The molecule has 0 amide bonds. The average molecular weight is 267 g/mol. The van der Waals surface area contributed by atoms with Gasteiger partial charge in [-0.05, 0) is 24.6 Å². The summed E-state index contributed by atoms with van der Waals surface area (Å²) in [7, 11) is 1.69. The van der Waals surface area contributed by atoms with Crippen molar-refractivity contribution < 1.29 is 9.47 Å². The molecule has 0 radical (unpaired) electrons. The Bertz CT molecular complexity index is 716. The molecule has 2 heterocycles. The molecule has 0 saturated carbocycles. The zero-order chi connectivity index (χ0) is 13.9. The molecule has 0 N–H and O–H groups in total. The number of aryl methyl sites for hydroxylation is 1. The second-order valence-corrected chi connectivity index (χ2v) is 4.75. The third kappa shape index (κ3) is 2.23. The summed E-state index contributed by atoms with van der Waals surface area (Å²) in [6.45, 7) is 2.58. The summed E-state index contributed by atoms with van der Waals surface area (Å²) in [5.74, 6) is 1.70. The largest absolute Gasteiger partial charge is 0.494 e. The predicted molar refractivity (Wildman–Crippen MR) is 79.5 cm³/mol. The molecule has 3 nitrogen and oxygen atoms in total. The molecule has 0 spiro atoms. The molecule has 0 unspecified atom stereocenters. The lowest BCUT2D eigenvalue weighted by atomic mass is 10.2. The van der Waals surface area contributed by atoms with Gasteiger partial charge in [0.1, 0.15) is 17.9 Å². The minimum Gasteiger partial charge on any atom is -0.494 e. The van der Waals surface area contributed by atoms with Crippen LogP contribution in [0.5, 0.6) is 11.5 Å². The molecule has 3 rings (SSSR count). The highest BCUT2D eigenvalue weighted by molar-refractivity contribution is 5.72. The molecule has 1 aromatic carbocycles. The first-order chi connectivity index (χ1) is 9.79. The molecule has 0 saturated heterocycles. The van der Waals surface area contributed by atoms with Crippen LogP contribution in [-0.2, 0) is 6.61 Å². The molecule has 0 bridgehead atoms. The van der Waals surface area contributed by atoms with Gasteiger partial charge in [-0.25, -0.2) is 0 Å². The van der Waals surface area contributed by atoms with E-state index in [1.54, 1.807) is 7.11 Å². The van der Waals surface area contributed by atoms with Gasteiger partial charge in [-0.15, -0.1) is 0 Å². The van der Waals surface area contributed by atoms with Crippen LogP contribution in [0.25, 0.3) is 5.52 Å². The number of aromatic nitrogens is 1. The summed E-state index contributed by atoms with van der Waals surface area (Å²) in [5, 5.41) is 0. The quantitative estimate of drug-likeness (QED) is 0.717. The van der Waals surface area contributed by atoms with E-state index in [-0.39, 0.29) is 0 Å². The Morgan fingerprint density at radius 2 is 1.85 bits per heavy atom. The van der Waals surface area contributed by atoms with Gasteiger partial charge in [0.05, 0.1) is 7.11 Å². The molecular formula is C17H17NO2. The molecule has 102 valence electrons. The molecular weight excluding hydrogens is 250 g/mol. The van der Waals surface area contributed by atoms with Crippen molar-refractivity contribution in [2.75, 3.05) is 7.11 Å². The highest BCUT2D eigenvalue weighted by Crippen LogP contribution is 2.33. The van der Waals surface area contributed by atoms with Crippen molar-refractivity contribution in [3.63, 3.8) is 0 Å². The SMILES string of the molecule is COc1c(C)cn2cccc(OCc3ccccc3)c12. The fourth-order valence-electron chi connectivity index (χ4n) is 2.40. The van der Waals surface area contributed by atoms with E-state index >= 15 is 0 Å². The van der Waals surface area contributed by atoms with Crippen molar-refractivity contribution in [3.05, 3.63) is 66.0 Å². The highest BCUT2D eigenvalue weighted by Gasteiger charge is 2.12. The fraction of sp³-hybridized carbons (Fsp3) is 0.176. The summed E-state index contributed by atoms with van der Waals surface area (Å²) in [6, 6.07) is 14.1. The van der Waals surface area contributed by atoms with Gasteiger partial charge in [0, 0.05) is 18.0 Å². The van der Waals surface area contributed by atoms with E-state index in [0.717, 1.165) is 28.1 Å². The predicted octanol–water partition coefficient (Wildman–Crippen LogP) is 3.84. The van der Waals surface area contributed by atoms with Crippen LogP contribution < -0.4 is 9.47 Å². The van der Waals surface area contributed by atoms with Gasteiger partial charge in [0.15, 0.2) is 5.75 Å². The molecule has 3 aromatic rings. The Morgan fingerprint density at radius 1 is 1.05 bits per heavy atom. The maximum absolute atomic E-state index is 5.96. The second kappa shape index (κ2) is 5.29. The van der Waals surface area contributed by atoms with Crippen LogP contribution in [0.4, 0.5) is 0 Å². The normalized spacial score (nSPS) is 10.7. The van der Waals surface area contributed by atoms with Gasteiger partial charge in [0.25, 0.3) is 0 Å². The molecule has 3 heteroatoms. The monoisotopic (exact) mass is 267 g/mol. The summed E-state index contributed by atoms with van der Waals surface area (Å²) in [5.41, 5.74) is 3.23. The van der Waals surface area contributed by atoms with E-state index in [1.807, 2.05) is 54.0 Å². The maximum atomic E-state index is 5.96. The summed E-state index contributed by atoms with van der Waals surface area (Å²) in [6.07, 6.45) is 4.05. The van der Waals surface area contributed by atoms with Crippen molar-refractivity contribution in [2.24, 2.45) is 0 Å². The van der Waals surface area contributed by atoms with E-state index in [4.69, 9.17) is 9.47 Å². The fourth-order valence-corrected chi connectivity index (χ4v) is 2.40. The standard InChI is InChI=1S/C17H17NO2/c1-13-11-18-10-6-9-15(16(18)17(13)19-2)20-12-14-7-4-3-5-8-14/h3-11H,12H2,1-2H3. The molecule has 20 heavy (non-hydrogen) atoms. The molecule has 0 aliphatic carbocycles. The van der Waals surface area contributed by atoms with Crippen LogP contribution in [0.1, 0.15) is 11.1 Å². The molecule has 0 fully saturated rings. The Morgan fingerprint density at radius 3 is 2.60 bits per heavy atom. The van der Waals surface area contributed by atoms with Crippen LogP contribution in [0.2, 0.25) is 0 Å². The van der Waals surface area contributed by atoms with E-state index in [1.165, 1.54) is 0 Å². The molecule has 0 aliphatic heterocycles. The maximum Gasteiger partial charge on any atom is 0.151 e. The Kier molecular flexibility index (Phi) is 3.33. The van der Waals surface area contributed by atoms with Gasteiger partial charge < -0.3 is 13.9 Å². The summed E-state index contributed by atoms with van der Waals surface area (Å²) in [4.78, 5) is 0. The minimum atomic E-state index is 0.549. The number of methoxy groups -OCH3 is 1. The van der Waals surface area contributed by atoms with Crippen molar-refractivity contribution in [1.29, 1.82) is 0 Å². The third-order valence-electron chi connectivity index (χ3n) is 3.33. The van der Waals surface area contributed by atoms with Gasteiger partial charge in [-0.2, -0.15) is 0 Å². The number of fused-ring (bicyclic) bond motifs is 1. The molecule has 2 aromatic heterocycles. The van der Waals surface area contributed by atoms with Crippen LogP contribution in [0, 0.1) is 6.92 Å². The van der Waals surface area contributed by atoms with Crippen LogP contribution in [0.15, 0.2) is 54.9 Å². The first kappa shape index (κ1) is 12.6. The average Bonchev–Trinajstić information content (AvgIpc) is 2.82. The van der Waals surface area contributed by atoms with Crippen molar-refractivity contribution in [1.82, 2.24) is 4.40 Å². The highest BCUT2D eigenvalue weighted by atomic mass is 16.5. The Balaban J connectivity index is 1.95. The van der Waals surface area contributed by atoms with Crippen molar-refractivity contribution in [2.45, 2.75) is 13.5 Å². The van der Waals surface area contributed by atoms with Crippen LogP contribution >= 0.6 is 0 Å². The number of benzene rings is 1. The topological polar surface area (TPSA) is 22.9 Å². The third-order valence-corrected chi connectivity index (χ3v) is 3.33. The van der Waals surface area contributed by atoms with Crippen molar-refractivity contribution >= 4 is 5.52 Å². The lowest BCUT2D eigenvalue weighted by Crippen LogP contribution is -1.97. The van der Waals surface area contributed by atoms with Gasteiger partial charge in [-0.1, -0.05) is 30.3 Å². The van der Waals surface area contributed by atoms with E-state index in [0.29, 0.717) is 6.61 Å². The molecule has 0 aliphatic rings. The van der Waals surface area contributed by atoms with Crippen LogP contribution in [-0.4, -0.2) is 11.5 Å². The zero-order valence-electron chi connectivity index (χ0n) is 11.7. The van der Waals surface area contributed by atoms with Gasteiger partial charge >= 0.3 is 0 Å². The number of hydrogen-bond donors (Lipinski definition) is 0. The Labute approximate surface area is 118 Å². The number of nitrogens with zero attached hydrogens (tertiary/aromatic N) is 1. The number of pyridine rings is 1. The Hall–Kier alpha value is -2.42. The number of hydrogen-bond acceptors (Lipinski definition) is 2. The lowest BCUT2D eigenvalue weighted by molar-refractivity contribution is 0.307. The van der Waals surface area contributed by atoms with Crippen LogP contribution in [0.3, 0.4) is 0 Å². The smallest absolute Gasteiger partial charge is 0.151 e. The van der Waals surface area contributed by atoms with Gasteiger partial charge in [0.2, 0.25) is 0 Å². The number of rotatable bonds is 4. The molecule has 0 atom stereocenters. The first-order valence-electron chi connectivity index (χ1n) is 6.60. The first-order valence-corrected chi connectivity index (χ1v) is 6.60. The second-order valence-electron chi connectivity index (χ2n) is 4.75. The van der Waals surface area contributed by atoms with E-state index in [2.05, 4.69) is 12.1 Å². The zero-order valence-corrected chi connectivity index (χ0v) is 11.7. The van der Waals surface area contributed by atoms with Gasteiger partial charge in [-0.3, -0.25) is 0 Å². The minimum absolute atomic E-state index is 0.549. The summed E-state index contributed by atoms with van der Waals surface area (Å²) >= 11 is 0. The van der Waals surface area contributed by atoms with E-state index in [9.17, 15) is 0 Å². The summed E-state index contributed by atoms with van der Waals surface area (Å²) < 4.78 is 13.5. The van der Waals surface area contributed by atoms with Crippen molar-refractivity contribution in [3.8, 4) is 11.5 Å². The van der Waals surface area contributed by atoms with E-state index < -0.39 is 0 Å².